The van der Waals surface area contributed by atoms with Gasteiger partial charge in [-0.2, -0.15) is 0 Å². The average Bonchev–Trinajstić information content (AvgIpc) is 2.51. The zero-order valence-corrected chi connectivity index (χ0v) is 14.4. The Morgan fingerprint density at radius 2 is 2.09 bits per heavy atom. The Labute approximate surface area is 139 Å². The lowest BCUT2D eigenvalue weighted by atomic mass is 9.78. The highest BCUT2D eigenvalue weighted by Gasteiger charge is 2.26. The predicted octanol–water partition coefficient (Wildman–Crippen LogP) is 3.63. The lowest BCUT2D eigenvalue weighted by Crippen LogP contribution is -2.44. The highest BCUT2D eigenvalue weighted by Crippen LogP contribution is 2.29. The van der Waals surface area contributed by atoms with Gasteiger partial charge >= 0.3 is 0 Å². The largest absolute Gasteiger partial charge is 0.389 e. The first-order valence-electron chi connectivity index (χ1n) is 8.30. The number of nitrogens with one attached hydrogen (secondary N) is 1. The van der Waals surface area contributed by atoms with Crippen LogP contribution in [0.1, 0.15) is 38.7 Å². The number of hydrogen-bond donors (Lipinski definition) is 2. The minimum absolute atomic E-state index is 0.328. The average molecular weight is 326 g/mol. The van der Waals surface area contributed by atoms with Gasteiger partial charge in [0, 0.05) is 17.6 Å². The van der Waals surface area contributed by atoms with Gasteiger partial charge in [0.15, 0.2) is 0 Å². The fourth-order valence-electron chi connectivity index (χ4n) is 3.14. The van der Waals surface area contributed by atoms with E-state index in [0.717, 1.165) is 11.5 Å². The first-order chi connectivity index (χ1) is 10.6. The molecule has 1 aliphatic carbocycles. The normalized spacial score (nSPS) is 26.8. The molecule has 0 radical (unpaired) electrons. The smallest absolute Gasteiger partial charge is 0.0897 e. The highest BCUT2D eigenvalue weighted by atomic mass is 35.5. The van der Waals surface area contributed by atoms with Crippen LogP contribution in [-0.2, 0) is 11.3 Å². The van der Waals surface area contributed by atoms with E-state index in [1.54, 1.807) is 0 Å². The SMILES string of the molecule is C[C@@H]1[C@H](C)CCC[C@@H]1NC[C@@H](O)COCc1ccccc1Cl. The molecule has 0 aliphatic heterocycles. The van der Waals surface area contributed by atoms with Gasteiger partial charge in [-0.05, 0) is 29.9 Å². The van der Waals surface area contributed by atoms with E-state index in [0.29, 0.717) is 36.7 Å². The molecule has 3 nitrogen and oxygen atoms in total. The molecular formula is C18H28ClNO2. The van der Waals surface area contributed by atoms with E-state index in [4.69, 9.17) is 16.3 Å². The summed E-state index contributed by atoms with van der Waals surface area (Å²) in [6, 6.07) is 8.15. The third-order valence-corrected chi connectivity index (χ3v) is 5.22. The Morgan fingerprint density at radius 1 is 1.32 bits per heavy atom. The number of rotatable bonds is 7. The number of benzene rings is 1. The summed E-state index contributed by atoms with van der Waals surface area (Å²) in [6.07, 6.45) is 3.33. The van der Waals surface area contributed by atoms with E-state index >= 15 is 0 Å². The molecule has 2 N–H and O–H groups in total. The van der Waals surface area contributed by atoms with Crippen LogP contribution in [-0.4, -0.2) is 30.4 Å². The number of aliphatic hydroxyl groups excluding tert-OH is 1. The third kappa shape index (κ3) is 5.24. The summed E-state index contributed by atoms with van der Waals surface area (Å²) in [5, 5.41) is 14.3. The number of hydrogen-bond acceptors (Lipinski definition) is 3. The van der Waals surface area contributed by atoms with Crippen LogP contribution in [0.3, 0.4) is 0 Å². The predicted molar refractivity (Wildman–Crippen MR) is 91.1 cm³/mol. The lowest BCUT2D eigenvalue weighted by molar-refractivity contribution is 0.0251. The minimum atomic E-state index is -0.480. The third-order valence-electron chi connectivity index (χ3n) is 4.85. The fourth-order valence-corrected chi connectivity index (χ4v) is 3.33. The quantitative estimate of drug-likeness (QED) is 0.804. The van der Waals surface area contributed by atoms with Crippen LogP contribution in [0.4, 0.5) is 0 Å². The van der Waals surface area contributed by atoms with Crippen molar-refractivity contribution in [1.29, 1.82) is 0 Å². The minimum Gasteiger partial charge on any atom is -0.389 e. The first-order valence-corrected chi connectivity index (χ1v) is 8.68. The maximum Gasteiger partial charge on any atom is 0.0897 e. The van der Waals surface area contributed by atoms with Gasteiger partial charge in [0.1, 0.15) is 0 Å². The molecule has 2 rings (SSSR count). The second kappa shape index (κ2) is 8.88. The van der Waals surface area contributed by atoms with Gasteiger partial charge < -0.3 is 15.2 Å². The Balaban J connectivity index is 1.66. The van der Waals surface area contributed by atoms with E-state index in [2.05, 4.69) is 19.2 Å². The molecule has 0 spiro atoms. The summed E-state index contributed by atoms with van der Waals surface area (Å²) in [4.78, 5) is 0. The van der Waals surface area contributed by atoms with Gasteiger partial charge in [0.05, 0.1) is 19.3 Å². The number of ether oxygens (including phenoxy) is 1. The molecule has 4 heteroatoms. The van der Waals surface area contributed by atoms with Gasteiger partial charge in [-0.1, -0.05) is 56.5 Å². The van der Waals surface area contributed by atoms with E-state index < -0.39 is 6.10 Å². The van der Waals surface area contributed by atoms with Gasteiger partial charge in [-0.25, -0.2) is 0 Å². The molecular weight excluding hydrogens is 298 g/mol. The highest BCUT2D eigenvalue weighted by molar-refractivity contribution is 6.31. The van der Waals surface area contributed by atoms with Gasteiger partial charge in [0.25, 0.3) is 0 Å². The monoisotopic (exact) mass is 325 g/mol. The number of aliphatic hydroxyl groups is 1. The zero-order chi connectivity index (χ0) is 15.9. The molecule has 1 fully saturated rings. The Morgan fingerprint density at radius 3 is 2.86 bits per heavy atom. The van der Waals surface area contributed by atoms with Crippen molar-refractivity contribution >= 4 is 11.6 Å². The van der Waals surface area contributed by atoms with Gasteiger partial charge in [-0.15, -0.1) is 0 Å². The van der Waals surface area contributed by atoms with Crippen molar-refractivity contribution in [3.8, 4) is 0 Å². The van der Waals surface area contributed by atoms with Gasteiger partial charge in [-0.3, -0.25) is 0 Å². The number of halogens is 1. The molecule has 0 aromatic heterocycles. The molecule has 0 bridgehead atoms. The van der Waals surface area contributed by atoms with Crippen LogP contribution in [0.2, 0.25) is 5.02 Å². The molecule has 0 unspecified atom stereocenters. The van der Waals surface area contributed by atoms with E-state index in [9.17, 15) is 5.11 Å². The summed E-state index contributed by atoms with van der Waals surface area (Å²) in [5.74, 6) is 1.44. The van der Waals surface area contributed by atoms with Crippen molar-refractivity contribution in [3.63, 3.8) is 0 Å². The van der Waals surface area contributed by atoms with Crippen molar-refractivity contribution in [2.45, 2.75) is 51.9 Å². The van der Waals surface area contributed by atoms with Crippen molar-refractivity contribution in [2.24, 2.45) is 11.8 Å². The molecule has 0 saturated heterocycles. The first kappa shape index (κ1) is 17.7. The van der Waals surface area contributed by atoms with Crippen molar-refractivity contribution in [1.82, 2.24) is 5.32 Å². The van der Waals surface area contributed by atoms with E-state index in [1.165, 1.54) is 19.3 Å². The Hall–Kier alpha value is -0.610. The maximum atomic E-state index is 10.1. The summed E-state index contributed by atoms with van der Waals surface area (Å²) >= 11 is 6.08. The van der Waals surface area contributed by atoms with E-state index in [-0.39, 0.29) is 0 Å². The summed E-state index contributed by atoms with van der Waals surface area (Å²) in [7, 11) is 0. The van der Waals surface area contributed by atoms with Gasteiger partial charge in [0.2, 0.25) is 0 Å². The van der Waals surface area contributed by atoms with Crippen LogP contribution >= 0.6 is 11.6 Å². The molecule has 4 atom stereocenters. The topological polar surface area (TPSA) is 41.5 Å². The molecule has 1 aromatic carbocycles. The Bertz CT molecular complexity index is 454. The summed E-state index contributed by atoms with van der Waals surface area (Å²) < 4.78 is 5.58. The molecule has 1 aliphatic rings. The Kier molecular flexibility index (Phi) is 7.16. The summed E-state index contributed by atoms with van der Waals surface area (Å²) in [6.45, 7) is 5.98. The fraction of sp³-hybridized carbons (Fsp3) is 0.667. The molecule has 0 amide bonds. The molecule has 1 aromatic rings. The molecule has 0 heterocycles. The zero-order valence-electron chi connectivity index (χ0n) is 13.6. The van der Waals surface area contributed by atoms with E-state index in [1.807, 2.05) is 24.3 Å². The molecule has 1 saturated carbocycles. The van der Waals surface area contributed by atoms with Crippen LogP contribution in [0.15, 0.2) is 24.3 Å². The van der Waals surface area contributed by atoms with Crippen LogP contribution in [0.5, 0.6) is 0 Å². The molecule has 22 heavy (non-hydrogen) atoms. The second-order valence-electron chi connectivity index (χ2n) is 6.54. The van der Waals surface area contributed by atoms with Crippen LogP contribution < -0.4 is 5.32 Å². The van der Waals surface area contributed by atoms with Crippen molar-refractivity contribution in [3.05, 3.63) is 34.9 Å². The standard InChI is InChI=1S/C18H28ClNO2/c1-13-6-5-9-18(14(13)2)20-10-16(21)12-22-11-15-7-3-4-8-17(15)19/h3-4,7-8,13-14,16,18,20-21H,5-6,9-12H2,1-2H3/t13-,14-,16-,18+/m1/s1. The summed E-state index contributed by atoms with van der Waals surface area (Å²) in [5.41, 5.74) is 0.957. The molecule has 124 valence electrons. The maximum absolute atomic E-state index is 10.1. The van der Waals surface area contributed by atoms with Crippen molar-refractivity contribution < 1.29 is 9.84 Å². The van der Waals surface area contributed by atoms with Crippen LogP contribution in [0.25, 0.3) is 0 Å². The van der Waals surface area contributed by atoms with Crippen molar-refractivity contribution in [2.75, 3.05) is 13.2 Å². The lowest BCUT2D eigenvalue weighted by Gasteiger charge is -2.35. The van der Waals surface area contributed by atoms with Crippen LogP contribution in [0, 0.1) is 11.8 Å². The second-order valence-corrected chi connectivity index (χ2v) is 6.95.